The van der Waals surface area contributed by atoms with E-state index in [4.69, 9.17) is 0 Å². The van der Waals surface area contributed by atoms with Crippen LogP contribution in [0.15, 0.2) is 67.1 Å². The summed E-state index contributed by atoms with van der Waals surface area (Å²) >= 11 is 0. The van der Waals surface area contributed by atoms with Gasteiger partial charge in [0.25, 0.3) is 0 Å². The van der Waals surface area contributed by atoms with E-state index in [2.05, 4.69) is 56.6 Å². The molecule has 4 aromatic rings. The second kappa shape index (κ2) is 9.11. The summed E-state index contributed by atoms with van der Waals surface area (Å²) in [6.07, 6.45) is 6.58. The molecule has 7 nitrogen and oxygen atoms in total. The van der Waals surface area contributed by atoms with Gasteiger partial charge in [0.2, 0.25) is 5.91 Å². The highest BCUT2D eigenvalue weighted by Gasteiger charge is 2.27. The SMILES string of the molecule is Cc1cc(-n2ncc3cc(CC(=O)NC4CC(c5ccccc5)CN(C)C4)ncc32)ccn1. The Morgan fingerprint density at radius 2 is 1.94 bits per heavy atom. The number of hydrogen-bond donors (Lipinski definition) is 1. The van der Waals surface area contributed by atoms with Crippen molar-refractivity contribution in [3.05, 3.63) is 84.1 Å². The van der Waals surface area contributed by atoms with E-state index < -0.39 is 0 Å². The normalized spacial score (nSPS) is 19.0. The van der Waals surface area contributed by atoms with Crippen LogP contribution in [-0.4, -0.2) is 56.7 Å². The minimum atomic E-state index is 0.00566. The van der Waals surface area contributed by atoms with Crippen molar-refractivity contribution in [3.8, 4) is 5.69 Å². The van der Waals surface area contributed by atoms with Crippen LogP contribution in [0.3, 0.4) is 0 Å². The summed E-state index contributed by atoms with van der Waals surface area (Å²) in [5.74, 6) is 0.429. The number of amides is 1. The number of fused-ring (bicyclic) bond motifs is 1. The van der Waals surface area contributed by atoms with Gasteiger partial charge in [-0.25, -0.2) is 4.68 Å². The van der Waals surface area contributed by atoms with Gasteiger partial charge in [0.15, 0.2) is 0 Å². The van der Waals surface area contributed by atoms with E-state index in [9.17, 15) is 4.79 Å². The van der Waals surface area contributed by atoms with E-state index in [0.29, 0.717) is 5.92 Å². The quantitative estimate of drug-likeness (QED) is 0.516. The lowest BCUT2D eigenvalue weighted by Crippen LogP contribution is -2.49. The Balaban J connectivity index is 1.26. The molecule has 1 aliphatic rings. The molecule has 5 rings (SSSR count). The number of likely N-dealkylation sites (N-methyl/N-ethyl adjacent to an activating group) is 1. The molecule has 168 valence electrons. The number of aromatic nitrogens is 4. The summed E-state index contributed by atoms with van der Waals surface area (Å²) in [5.41, 5.74) is 4.86. The maximum absolute atomic E-state index is 12.8. The van der Waals surface area contributed by atoms with E-state index in [-0.39, 0.29) is 18.4 Å². The zero-order chi connectivity index (χ0) is 22.8. The van der Waals surface area contributed by atoms with Gasteiger partial charge in [-0.1, -0.05) is 30.3 Å². The number of benzene rings is 1. The number of aryl methyl sites for hydroxylation is 1. The fourth-order valence-electron chi connectivity index (χ4n) is 4.77. The van der Waals surface area contributed by atoms with Crippen LogP contribution < -0.4 is 5.32 Å². The molecule has 33 heavy (non-hydrogen) atoms. The highest BCUT2D eigenvalue weighted by atomic mass is 16.1. The molecule has 3 aromatic heterocycles. The van der Waals surface area contributed by atoms with E-state index in [0.717, 1.165) is 47.5 Å². The maximum atomic E-state index is 12.8. The lowest BCUT2D eigenvalue weighted by molar-refractivity contribution is -0.121. The third kappa shape index (κ3) is 4.78. The average molecular weight is 441 g/mol. The number of nitrogens with zero attached hydrogens (tertiary/aromatic N) is 5. The Labute approximate surface area is 193 Å². The lowest BCUT2D eigenvalue weighted by atomic mass is 9.88. The Morgan fingerprint density at radius 1 is 1.09 bits per heavy atom. The zero-order valence-electron chi connectivity index (χ0n) is 19.0. The molecule has 1 saturated heterocycles. The molecule has 4 heterocycles. The molecule has 0 saturated carbocycles. The van der Waals surface area contributed by atoms with Gasteiger partial charge < -0.3 is 10.2 Å². The molecule has 0 spiro atoms. The van der Waals surface area contributed by atoms with Crippen LogP contribution in [-0.2, 0) is 11.2 Å². The van der Waals surface area contributed by atoms with Crippen LogP contribution in [0.2, 0.25) is 0 Å². The van der Waals surface area contributed by atoms with E-state index in [1.54, 1.807) is 12.4 Å². The second-order valence-electron chi connectivity index (χ2n) is 8.95. The van der Waals surface area contributed by atoms with Crippen molar-refractivity contribution in [1.82, 2.24) is 30.0 Å². The molecule has 1 fully saturated rings. The molecule has 1 aliphatic heterocycles. The zero-order valence-corrected chi connectivity index (χ0v) is 19.0. The largest absolute Gasteiger partial charge is 0.352 e. The summed E-state index contributed by atoms with van der Waals surface area (Å²) < 4.78 is 1.85. The van der Waals surface area contributed by atoms with Crippen LogP contribution >= 0.6 is 0 Å². The second-order valence-corrected chi connectivity index (χ2v) is 8.95. The first kappa shape index (κ1) is 21.3. The van der Waals surface area contributed by atoms with Gasteiger partial charge >= 0.3 is 0 Å². The number of piperidine rings is 1. The number of carbonyl (C=O) groups excluding carboxylic acids is 1. The Hall–Kier alpha value is -3.58. The first-order chi connectivity index (χ1) is 16.0. The monoisotopic (exact) mass is 440 g/mol. The molecule has 1 amide bonds. The van der Waals surface area contributed by atoms with Crippen LogP contribution in [0.4, 0.5) is 0 Å². The topological polar surface area (TPSA) is 75.9 Å². The fraction of sp³-hybridized carbons (Fsp3) is 0.308. The molecule has 2 atom stereocenters. The van der Waals surface area contributed by atoms with Crippen LogP contribution in [0, 0.1) is 6.92 Å². The van der Waals surface area contributed by atoms with Crippen molar-refractivity contribution in [2.45, 2.75) is 31.7 Å². The number of carbonyl (C=O) groups is 1. The summed E-state index contributed by atoms with van der Waals surface area (Å²) in [6.45, 7) is 3.82. The summed E-state index contributed by atoms with van der Waals surface area (Å²) in [6, 6.07) is 16.5. The van der Waals surface area contributed by atoms with Gasteiger partial charge in [0.1, 0.15) is 0 Å². The Kier molecular flexibility index (Phi) is 5.88. The number of likely N-dealkylation sites (tertiary alicyclic amines) is 1. The van der Waals surface area contributed by atoms with Crippen molar-refractivity contribution in [3.63, 3.8) is 0 Å². The van der Waals surface area contributed by atoms with Gasteiger partial charge in [-0.3, -0.25) is 14.8 Å². The van der Waals surface area contributed by atoms with Gasteiger partial charge in [0.05, 0.1) is 35.7 Å². The first-order valence-corrected chi connectivity index (χ1v) is 11.3. The molecule has 0 bridgehead atoms. The Morgan fingerprint density at radius 3 is 2.76 bits per heavy atom. The molecular formula is C26H28N6O. The highest BCUT2D eigenvalue weighted by Crippen LogP contribution is 2.26. The van der Waals surface area contributed by atoms with Gasteiger partial charge in [0, 0.05) is 36.4 Å². The van der Waals surface area contributed by atoms with Crippen molar-refractivity contribution in [2.75, 3.05) is 20.1 Å². The maximum Gasteiger partial charge on any atom is 0.226 e. The van der Waals surface area contributed by atoms with Crippen molar-refractivity contribution in [1.29, 1.82) is 0 Å². The van der Waals surface area contributed by atoms with Crippen LogP contribution in [0.1, 0.15) is 29.3 Å². The van der Waals surface area contributed by atoms with Crippen LogP contribution in [0.5, 0.6) is 0 Å². The molecule has 0 radical (unpaired) electrons. The van der Waals surface area contributed by atoms with E-state index in [1.807, 2.05) is 42.1 Å². The van der Waals surface area contributed by atoms with Crippen molar-refractivity contribution in [2.24, 2.45) is 0 Å². The highest BCUT2D eigenvalue weighted by molar-refractivity contribution is 5.83. The molecule has 2 unspecified atom stereocenters. The standard InChI is InChI=1S/C26H28N6O/c1-18-10-24(8-9-27-18)32-25-15-28-22(11-20(25)14-29-32)13-26(33)30-23-12-21(16-31(2)17-23)19-6-4-3-5-7-19/h3-11,14-15,21,23H,12-13,16-17H2,1-2H3,(H,30,33). The summed E-state index contributed by atoms with van der Waals surface area (Å²) in [5, 5.41) is 8.71. The number of nitrogens with one attached hydrogen (secondary N) is 1. The smallest absolute Gasteiger partial charge is 0.226 e. The Bertz CT molecular complexity index is 1270. The first-order valence-electron chi connectivity index (χ1n) is 11.3. The molecule has 0 aliphatic carbocycles. The number of pyridine rings is 2. The minimum Gasteiger partial charge on any atom is -0.352 e. The molecule has 7 heteroatoms. The van der Waals surface area contributed by atoms with Gasteiger partial charge in [-0.05, 0) is 50.1 Å². The molecule has 1 aromatic carbocycles. The fourth-order valence-corrected chi connectivity index (χ4v) is 4.77. The molecular weight excluding hydrogens is 412 g/mol. The summed E-state index contributed by atoms with van der Waals surface area (Å²) in [4.78, 5) is 23.9. The van der Waals surface area contributed by atoms with Gasteiger partial charge in [-0.15, -0.1) is 0 Å². The van der Waals surface area contributed by atoms with Crippen molar-refractivity contribution >= 4 is 16.8 Å². The van der Waals surface area contributed by atoms with Gasteiger partial charge in [-0.2, -0.15) is 5.10 Å². The number of rotatable bonds is 5. The third-order valence-corrected chi connectivity index (χ3v) is 6.25. The summed E-state index contributed by atoms with van der Waals surface area (Å²) in [7, 11) is 2.12. The average Bonchev–Trinajstić information content (AvgIpc) is 3.22. The third-order valence-electron chi connectivity index (χ3n) is 6.25. The predicted molar refractivity (Wildman–Crippen MR) is 128 cm³/mol. The lowest BCUT2D eigenvalue weighted by Gasteiger charge is -2.36. The van der Waals surface area contributed by atoms with Crippen LogP contribution in [0.25, 0.3) is 16.6 Å². The predicted octanol–water partition coefficient (Wildman–Crippen LogP) is 3.27. The minimum absolute atomic E-state index is 0.00566. The number of hydrogen-bond acceptors (Lipinski definition) is 5. The van der Waals surface area contributed by atoms with E-state index >= 15 is 0 Å². The molecule has 1 N–H and O–H groups in total. The van der Waals surface area contributed by atoms with Crippen molar-refractivity contribution < 1.29 is 4.79 Å². The van der Waals surface area contributed by atoms with E-state index in [1.165, 1.54) is 5.56 Å².